The molecule has 8 heteroatoms. The summed E-state index contributed by atoms with van der Waals surface area (Å²) in [5, 5.41) is 4.53. The predicted molar refractivity (Wildman–Crippen MR) is 109 cm³/mol. The Morgan fingerprint density at radius 1 is 0.966 bits per heavy atom. The van der Waals surface area contributed by atoms with Gasteiger partial charge in [-0.2, -0.15) is 5.10 Å². The third-order valence-electron chi connectivity index (χ3n) is 5.85. The zero-order valence-corrected chi connectivity index (χ0v) is 17.4. The fourth-order valence-electron chi connectivity index (χ4n) is 4.27. The molecule has 29 heavy (non-hydrogen) atoms. The molecule has 1 aliphatic heterocycles. The highest BCUT2D eigenvalue weighted by Crippen LogP contribution is 2.25. The number of carbonyl (C=O) groups is 2. The van der Waals surface area contributed by atoms with Gasteiger partial charge in [0.2, 0.25) is 5.91 Å². The molecule has 2 fully saturated rings. The monoisotopic (exact) mass is 396 g/mol. The number of Topliss-reactive ketones (excluding diaryl/α,β-unsaturated/α-hetero) is 1. The third kappa shape index (κ3) is 4.16. The Labute approximate surface area is 170 Å². The van der Waals surface area contributed by atoms with E-state index in [1.807, 2.05) is 42.5 Å². The molecule has 1 aliphatic carbocycles. The van der Waals surface area contributed by atoms with Gasteiger partial charge in [-0.1, -0.05) is 0 Å². The lowest BCUT2D eigenvalue weighted by Gasteiger charge is -2.37. The van der Waals surface area contributed by atoms with Crippen LogP contribution in [-0.4, -0.2) is 62.5 Å². The zero-order valence-electron chi connectivity index (χ0n) is 17.4. The predicted octanol–water partition coefficient (Wildman–Crippen LogP) is 2.00. The van der Waals surface area contributed by atoms with Gasteiger partial charge in [0.15, 0.2) is 5.82 Å². The molecular weight excluding hydrogens is 368 g/mol. The van der Waals surface area contributed by atoms with Crippen molar-refractivity contribution in [1.29, 1.82) is 0 Å². The molecule has 2 aromatic heterocycles. The number of rotatable bonds is 3. The molecule has 0 unspecified atom stereocenters. The van der Waals surface area contributed by atoms with Crippen LogP contribution in [0.5, 0.6) is 0 Å². The van der Waals surface area contributed by atoms with Crippen molar-refractivity contribution in [3.63, 3.8) is 0 Å². The van der Waals surface area contributed by atoms with E-state index < -0.39 is 0 Å². The second-order valence-corrected chi connectivity index (χ2v) is 8.10. The maximum absolute atomic E-state index is 12.8. The van der Waals surface area contributed by atoms with E-state index in [1.54, 1.807) is 0 Å². The summed E-state index contributed by atoms with van der Waals surface area (Å²) in [6, 6.07) is 4.00. The van der Waals surface area contributed by atoms with E-state index in [0.29, 0.717) is 44.6 Å². The molecule has 1 saturated carbocycles. The molecule has 8 nitrogen and oxygen atoms in total. The first kappa shape index (κ1) is 19.5. The summed E-state index contributed by atoms with van der Waals surface area (Å²) < 4.78 is 1.84. The molecule has 3 heterocycles. The Morgan fingerprint density at radius 2 is 1.62 bits per heavy atom. The van der Waals surface area contributed by atoms with E-state index in [1.165, 1.54) is 0 Å². The maximum Gasteiger partial charge on any atom is 0.225 e. The molecule has 154 valence electrons. The highest BCUT2D eigenvalue weighted by molar-refractivity contribution is 5.84. The molecule has 0 radical (unpaired) electrons. The minimum Gasteiger partial charge on any atom is -0.353 e. The first-order chi connectivity index (χ1) is 13.9. The van der Waals surface area contributed by atoms with Gasteiger partial charge in [-0.3, -0.25) is 9.59 Å². The summed E-state index contributed by atoms with van der Waals surface area (Å²) in [4.78, 5) is 37.6. The second kappa shape index (κ2) is 7.93. The number of piperazine rings is 1. The van der Waals surface area contributed by atoms with E-state index in [0.717, 1.165) is 36.1 Å². The van der Waals surface area contributed by atoms with Crippen LogP contribution in [0.3, 0.4) is 0 Å². The van der Waals surface area contributed by atoms with Gasteiger partial charge in [0.25, 0.3) is 0 Å². The molecule has 0 N–H and O–H groups in total. The molecule has 0 atom stereocenters. The van der Waals surface area contributed by atoms with Crippen molar-refractivity contribution in [3.8, 4) is 5.82 Å². The normalized spacial score (nSPS) is 18.4. The van der Waals surface area contributed by atoms with Crippen LogP contribution in [0.4, 0.5) is 5.82 Å². The number of aryl methyl sites for hydroxylation is 3. The number of ketones is 1. The van der Waals surface area contributed by atoms with Gasteiger partial charge in [-0.05, 0) is 39.7 Å². The van der Waals surface area contributed by atoms with Crippen molar-refractivity contribution in [2.24, 2.45) is 5.92 Å². The standard InChI is InChI=1S/C21H28N6O2/c1-14-12-15(2)27(24-14)20-13-19(22-16(3)23-20)25-8-10-26(11-9-25)21(29)17-4-6-18(28)7-5-17/h12-13,17H,4-11H2,1-3H3. The zero-order chi connectivity index (χ0) is 20.5. The quantitative estimate of drug-likeness (QED) is 0.789. The van der Waals surface area contributed by atoms with E-state index in [4.69, 9.17) is 0 Å². The number of nitrogens with zero attached hydrogens (tertiary/aromatic N) is 6. The van der Waals surface area contributed by atoms with Crippen LogP contribution in [-0.2, 0) is 9.59 Å². The van der Waals surface area contributed by atoms with Gasteiger partial charge >= 0.3 is 0 Å². The number of aromatic nitrogens is 4. The number of hydrogen-bond acceptors (Lipinski definition) is 6. The molecule has 1 saturated heterocycles. The number of anilines is 1. The van der Waals surface area contributed by atoms with Crippen molar-refractivity contribution in [3.05, 3.63) is 29.3 Å². The van der Waals surface area contributed by atoms with Gasteiger partial charge in [-0.25, -0.2) is 14.6 Å². The van der Waals surface area contributed by atoms with Crippen LogP contribution < -0.4 is 4.90 Å². The Kier molecular flexibility index (Phi) is 5.34. The SMILES string of the molecule is Cc1cc(C)n(-c2cc(N3CCN(C(=O)C4CCC(=O)CC4)CC3)nc(C)n2)n1. The first-order valence-electron chi connectivity index (χ1n) is 10.4. The van der Waals surface area contributed by atoms with E-state index >= 15 is 0 Å². The van der Waals surface area contributed by atoms with Gasteiger partial charge in [0.1, 0.15) is 17.4 Å². The number of hydrogen-bond donors (Lipinski definition) is 0. The second-order valence-electron chi connectivity index (χ2n) is 8.10. The van der Waals surface area contributed by atoms with Gasteiger partial charge in [0.05, 0.1) is 5.69 Å². The minimum absolute atomic E-state index is 0.0122. The minimum atomic E-state index is 0.0122. The molecule has 2 aliphatic rings. The fraction of sp³-hybridized carbons (Fsp3) is 0.571. The van der Waals surface area contributed by atoms with Crippen LogP contribution in [0.2, 0.25) is 0 Å². The summed E-state index contributed by atoms with van der Waals surface area (Å²) in [6.45, 7) is 8.72. The largest absolute Gasteiger partial charge is 0.353 e. The average Bonchev–Trinajstić information content (AvgIpc) is 3.06. The van der Waals surface area contributed by atoms with Crippen LogP contribution in [0.15, 0.2) is 12.1 Å². The lowest BCUT2D eigenvalue weighted by molar-refractivity contribution is -0.137. The van der Waals surface area contributed by atoms with Crippen molar-refractivity contribution in [2.75, 3.05) is 31.1 Å². The average molecular weight is 396 g/mol. The lowest BCUT2D eigenvalue weighted by Crippen LogP contribution is -2.51. The lowest BCUT2D eigenvalue weighted by atomic mass is 9.87. The van der Waals surface area contributed by atoms with Crippen molar-refractivity contribution in [2.45, 2.75) is 46.5 Å². The molecule has 0 spiro atoms. The topological polar surface area (TPSA) is 84.2 Å². The summed E-state index contributed by atoms with van der Waals surface area (Å²) >= 11 is 0. The summed E-state index contributed by atoms with van der Waals surface area (Å²) in [5.41, 5.74) is 1.99. The molecule has 0 bridgehead atoms. The van der Waals surface area contributed by atoms with Gasteiger partial charge < -0.3 is 9.80 Å². The Hall–Kier alpha value is -2.77. The van der Waals surface area contributed by atoms with Gasteiger partial charge in [-0.15, -0.1) is 0 Å². The fourth-order valence-corrected chi connectivity index (χ4v) is 4.27. The van der Waals surface area contributed by atoms with Crippen LogP contribution in [0, 0.1) is 26.7 Å². The van der Waals surface area contributed by atoms with Crippen LogP contribution >= 0.6 is 0 Å². The highest BCUT2D eigenvalue weighted by atomic mass is 16.2. The van der Waals surface area contributed by atoms with Crippen molar-refractivity contribution < 1.29 is 9.59 Å². The summed E-state index contributed by atoms with van der Waals surface area (Å²) in [7, 11) is 0. The van der Waals surface area contributed by atoms with Crippen molar-refractivity contribution >= 4 is 17.5 Å². The maximum atomic E-state index is 12.8. The Bertz CT molecular complexity index is 919. The van der Waals surface area contributed by atoms with Crippen molar-refractivity contribution in [1.82, 2.24) is 24.6 Å². The van der Waals surface area contributed by atoms with Crippen LogP contribution in [0.25, 0.3) is 5.82 Å². The summed E-state index contributed by atoms with van der Waals surface area (Å²) in [6.07, 6.45) is 2.50. The molecule has 2 aromatic rings. The molecular formula is C21H28N6O2. The highest BCUT2D eigenvalue weighted by Gasteiger charge is 2.30. The smallest absolute Gasteiger partial charge is 0.225 e. The Morgan fingerprint density at radius 3 is 2.24 bits per heavy atom. The number of amides is 1. The third-order valence-corrected chi connectivity index (χ3v) is 5.85. The van der Waals surface area contributed by atoms with E-state index in [2.05, 4.69) is 20.0 Å². The number of carbonyl (C=O) groups excluding carboxylic acids is 2. The van der Waals surface area contributed by atoms with Gasteiger partial charge in [0, 0.05) is 56.7 Å². The first-order valence-corrected chi connectivity index (χ1v) is 10.4. The van der Waals surface area contributed by atoms with E-state index in [-0.39, 0.29) is 17.6 Å². The molecule has 4 rings (SSSR count). The Balaban J connectivity index is 1.44. The van der Waals surface area contributed by atoms with Crippen LogP contribution in [0.1, 0.15) is 42.9 Å². The molecule has 0 aromatic carbocycles. The van der Waals surface area contributed by atoms with E-state index in [9.17, 15) is 9.59 Å². The summed E-state index contributed by atoms with van der Waals surface area (Å²) in [5.74, 6) is 2.85. The molecule has 1 amide bonds.